The smallest absolute Gasteiger partial charge is 0.353 e. The van der Waals surface area contributed by atoms with Gasteiger partial charge in [-0.1, -0.05) is 0 Å². The molecule has 0 fully saturated rings. The largest absolute Gasteiger partial charge is 0.477 e. The van der Waals surface area contributed by atoms with Crippen LogP contribution in [0.3, 0.4) is 0 Å². The average molecular weight is 193 g/mol. The van der Waals surface area contributed by atoms with Crippen molar-refractivity contribution in [2.45, 2.75) is 0 Å². The lowest BCUT2D eigenvalue weighted by Crippen LogP contribution is -2.22. The first-order chi connectivity index (χ1) is 4.93. The zero-order valence-electron chi connectivity index (χ0n) is 5.07. The van der Waals surface area contributed by atoms with Gasteiger partial charge in [0.05, 0.1) is 5.41 Å². The van der Waals surface area contributed by atoms with E-state index in [1.54, 1.807) is 0 Å². The van der Waals surface area contributed by atoms with Gasteiger partial charge in [0.1, 0.15) is 5.70 Å². The van der Waals surface area contributed by atoms with E-state index in [4.69, 9.17) is 5.11 Å². The fourth-order valence-corrected chi connectivity index (χ4v) is 1.61. The summed E-state index contributed by atoms with van der Waals surface area (Å²) in [5.74, 6) is -1.34. The number of hydrogen-bond donors (Lipinski definition) is 2. The molecule has 1 aliphatic rings. The Kier molecular flexibility index (Phi) is 1.69. The SMILES string of the molecule is O=C(O)C1=CS(=O)(=O)C(=S)N1. The number of aliphatic carboxylic acids is 1. The minimum atomic E-state index is -3.64. The van der Waals surface area contributed by atoms with Gasteiger partial charge in [-0.15, -0.1) is 0 Å². The predicted octanol–water partition coefficient (Wildman–Crippen LogP) is -0.785. The highest BCUT2D eigenvalue weighted by Gasteiger charge is 2.27. The van der Waals surface area contributed by atoms with Crippen LogP contribution in [-0.4, -0.2) is 23.8 Å². The summed E-state index contributed by atoms with van der Waals surface area (Å²) >= 11 is 4.34. The van der Waals surface area contributed by atoms with Crippen LogP contribution in [0.25, 0.3) is 0 Å². The minimum Gasteiger partial charge on any atom is -0.477 e. The van der Waals surface area contributed by atoms with Crippen molar-refractivity contribution in [2.75, 3.05) is 0 Å². The van der Waals surface area contributed by atoms with Crippen LogP contribution in [0.4, 0.5) is 0 Å². The van der Waals surface area contributed by atoms with Crippen LogP contribution in [0, 0.1) is 0 Å². The van der Waals surface area contributed by atoms with Crippen LogP contribution >= 0.6 is 12.2 Å². The van der Waals surface area contributed by atoms with Crippen molar-refractivity contribution in [1.82, 2.24) is 5.32 Å². The van der Waals surface area contributed by atoms with Gasteiger partial charge in [-0.3, -0.25) is 0 Å². The number of sulfone groups is 1. The summed E-state index contributed by atoms with van der Waals surface area (Å²) in [6, 6.07) is 0. The van der Waals surface area contributed by atoms with Gasteiger partial charge < -0.3 is 10.4 Å². The Morgan fingerprint density at radius 2 is 2.18 bits per heavy atom. The van der Waals surface area contributed by atoms with Crippen LogP contribution < -0.4 is 5.32 Å². The maximum atomic E-state index is 10.7. The summed E-state index contributed by atoms with van der Waals surface area (Å²) in [7, 11) is -3.64. The third-order valence-electron chi connectivity index (χ3n) is 0.999. The van der Waals surface area contributed by atoms with E-state index in [-0.39, 0.29) is 0 Å². The monoisotopic (exact) mass is 193 g/mol. The van der Waals surface area contributed by atoms with Crippen molar-refractivity contribution in [1.29, 1.82) is 0 Å². The van der Waals surface area contributed by atoms with Crippen molar-refractivity contribution < 1.29 is 18.3 Å². The molecule has 1 heterocycles. The maximum Gasteiger partial charge on any atom is 0.353 e. The minimum absolute atomic E-state index is 0.407. The third kappa shape index (κ3) is 1.38. The Morgan fingerprint density at radius 3 is 2.36 bits per heavy atom. The molecule has 5 nitrogen and oxygen atoms in total. The number of rotatable bonds is 1. The number of carboxylic acid groups (broad SMARTS) is 1. The Morgan fingerprint density at radius 1 is 1.64 bits per heavy atom. The molecule has 0 aliphatic carbocycles. The lowest BCUT2D eigenvalue weighted by Gasteiger charge is -1.92. The Hall–Kier alpha value is -0.950. The molecular formula is C4H3NO4S2. The number of thiocarbonyl (C=S) groups is 1. The lowest BCUT2D eigenvalue weighted by molar-refractivity contribution is -0.132. The molecular weight excluding hydrogens is 190 g/mol. The first-order valence-corrected chi connectivity index (χ1v) is 4.40. The molecule has 0 amide bonds. The molecule has 0 saturated carbocycles. The average Bonchev–Trinajstić information content (AvgIpc) is 2.08. The van der Waals surface area contributed by atoms with Gasteiger partial charge in [0.25, 0.3) is 0 Å². The van der Waals surface area contributed by atoms with E-state index in [0.29, 0.717) is 5.41 Å². The molecule has 11 heavy (non-hydrogen) atoms. The molecule has 1 rings (SSSR count). The lowest BCUT2D eigenvalue weighted by atomic mass is 10.5. The number of hydrogen-bond acceptors (Lipinski definition) is 4. The van der Waals surface area contributed by atoms with E-state index in [9.17, 15) is 13.2 Å². The highest BCUT2D eigenvalue weighted by molar-refractivity contribution is 8.19. The second kappa shape index (κ2) is 2.28. The van der Waals surface area contributed by atoms with E-state index in [2.05, 4.69) is 12.2 Å². The summed E-state index contributed by atoms with van der Waals surface area (Å²) in [4.78, 5) is 10.2. The van der Waals surface area contributed by atoms with E-state index >= 15 is 0 Å². The van der Waals surface area contributed by atoms with E-state index < -0.39 is 25.8 Å². The zero-order valence-corrected chi connectivity index (χ0v) is 6.70. The second-order valence-electron chi connectivity index (χ2n) is 1.79. The van der Waals surface area contributed by atoms with Crippen LogP contribution in [0.1, 0.15) is 0 Å². The zero-order chi connectivity index (χ0) is 8.65. The maximum absolute atomic E-state index is 10.7. The van der Waals surface area contributed by atoms with Crippen molar-refractivity contribution in [3.8, 4) is 0 Å². The molecule has 0 aromatic carbocycles. The highest BCUT2D eigenvalue weighted by Crippen LogP contribution is 2.08. The summed E-state index contributed by atoms with van der Waals surface area (Å²) in [6.45, 7) is 0. The van der Waals surface area contributed by atoms with Crippen molar-refractivity contribution in [2.24, 2.45) is 0 Å². The first-order valence-electron chi connectivity index (χ1n) is 2.44. The third-order valence-corrected chi connectivity index (χ3v) is 2.96. The fourth-order valence-electron chi connectivity index (χ4n) is 0.523. The summed E-state index contributed by atoms with van der Waals surface area (Å²) in [5, 5.41) is 11.0. The number of carbonyl (C=O) groups is 1. The molecule has 0 aromatic rings. The van der Waals surface area contributed by atoms with Gasteiger partial charge in [-0.2, -0.15) is 0 Å². The van der Waals surface area contributed by atoms with Crippen LogP contribution in [-0.2, 0) is 14.6 Å². The molecule has 7 heteroatoms. The topological polar surface area (TPSA) is 83.5 Å². The van der Waals surface area contributed by atoms with Gasteiger partial charge in [0, 0.05) is 0 Å². The van der Waals surface area contributed by atoms with Gasteiger partial charge >= 0.3 is 5.97 Å². The number of nitrogens with one attached hydrogen (secondary N) is 1. The van der Waals surface area contributed by atoms with Gasteiger partial charge in [-0.25, -0.2) is 13.2 Å². The van der Waals surface area contributed by atoms with Crippen LogP contribution in [0.15, 0.2) is 11.1 Å². The van der Waals surface area contributed by atoms with Crippen LogP contribution in [0.2, 0.25) is 0 Å². The molecule has 2 N–H and O–H groups in total. The van der Waals surface area contributed by atoms with Crippen LogP contribution in [0.5, 0.6) is 0 Å². The molecule has 60 valence electrons. The molecule has 0 radical (unpaired) electrons. The summed E-state index contributed by atoms with van der Waals surface area (Å²) in [6.07, 6.45) is 0. The standard InChI is InChI=1S/C4H3NO4S2/c6-3(7)2-1-11(8,9)4(10)5-2/h1H,(H,5,10)(H,6,7). The van der Waals surface area contributed by atoms with Crippen molar-refractivity contribution in [3.63, 3.8) is 0 Å². The summed E-state index contributed by atoms with van der Waals surface area (Å²) in [5.41, 5.74) is -0.407. The van der Waals surface area contributed by atoms with Gasteiger partial charge in [0.2, 0.25) is 14.2 Å². The van der Waals surface area contributed by atoms with Crippen molar-refractivity contribution in [3.05, 3.63) is 11.1 Å². The highest BCUT2D eigenvalue weighted by atomic mass is 32.2. The van der Waals surface area contributed by atoms with Gasteiger partial charge in [0.15, 0.2) is 0 Å². The Bertz CT molecular complexity index is 352. The Balaban J connectivity index is 3.14. The molecule has 1 aliphatic heterocycles. The fraction of sp³-hybridized carbons (Fsp3) is 0. The molecule has 0 aromatic heterocycles. The number of carboxylic acids is 1. The predicted molar refractivity (Wildman–Crippen MR) is 40.4 cm³/mol. The molecule has 0 unspecified atom stereocenters. The molecule has 0 spiro atoms. The summed E-state index contributed by atoms with van der Waals surface area (Å²) < 4.78 is 21.0. The van der Waals surface area contributed by atoms with E-state index in [0.717, 1.165) is 0 Å². The molecule has 0 saturated heterocycles. The quantitative estimate of drug-likeness (QED) is 0.531. The first kappa shape index (κ1) is 8.15. The van der Waals surface area contributed by atoms with Crippen molar-refractivity contribution >= 4 is 32.3 Å². The molecule has 0 bridgehead atoms. The second-order valence-corrected chi connectivity index (χ2v) is 4.19. The Labute approximate surface area is 67.6 Å². The van der Waals surface area contributed by atoms with E-state index in [1.165, 1.54) is 0 Å². The van der Waals surface area contributed by atoms with E-state index in [1.807, 2.05) is 5.32 Å². The van der Waals surface area contributed by atoms with Gasteiger partial charge in [-0.05, 0) is 12.2 Å². The normalized spacial score (nSPS) is 20.7. The molecule has 0 atom stereocenters.